The van der Waals surface area contributed by atoms with Crippen LogP contribution in [0, 0.1) is 5.82 Å². The highest BCUT2D eigenvalue weighted by Gasteiger charge is 2.40. The lowest BCUT2D eigenvalue weighted by Gasteiger charge is -2.41. The van der Waals surface area contributed by atoms with Crippen LogP contribution in [0.15, 0.2) is 24.3 Å². The van der Waals surface area contributed by atoms with Crippen molar-refractivity contribution in [1.29, 1.82) is 0 Å². The standard InChI is InChI=1S/C10H12FNO/c1-13-10(6-12-7-10)8-4-2-3-5-9(8)11/h2-5,12H,6-7H2,1H3. The maximum Gasteiger partial charge on any atom is 0.129 e. The normalized spacial score (nSPS) is 19.5. The average molecular weight is 181 g/mol. The van der Waals surface area contributed by atoms with Gasteiger partial charge in [-0.05, 0) is 6.07 Å². The van der Waals surface area contributed by atoms with E-state index in [1.54, 1.807) is 19.2 Å². The lowest BCUT2D eigenvalue weighted by Crippen LogP contribution is -2.58. The van der Waals surface area contributed by atoms with Crippen molar-refractivity contribution in [2.45, 2.75) is 5.60 Å². The third-order valence-corrected chi connectivity index (χ3v) is 2.58. The number of ether oxygens (including phenoxy) is 1. The Kier molecular flexibility index (Phi) is 2.06. The molecule has 0 atom stereocenters. The van der Waals surface area contributed by atoms with E-state index in [0.717, 1.165) is 0 Å². The molecule has 0 radical (unpaired) electrons. The van der Waals surface area contributed by atoms with Gasteiger partial charge in [-0.15, -0.1) is 0 Å². The van der Waals surface area contributed by atoms with Crippen molar-refractivity contribution in [2.24, 2.45) is 0 Å². The van der Waals surface area contributed by atoms with Gasteiger partial charge in [-0.2, -0.15) is 0 Å². The van der Waals surface area contributed by atoms with E-state index in [-0.39, 0.29) is 5.82 Å². The van der Waals surface area contributed by atoms with Gasteiger partial charge in [0.15, 0.2) is 0 Å². The van der Waals surface area contributed by atoms with Gasteiger partial charge in [-0.25, -0.2) is 4.39 Å². The number of halogens is 1. The summed E-state index contributed by atoms with van der Waals surface area (Å²) in [5.74, 6) is -0.189. The van der Waals surface area contributed by atoms with Crippen LogP contribution in [-0.4, -0.2) is 20.2 Å². The SMILES string of the molecule is COC1(c2ccccc2F)CNC1. The van der Waals surface area contributed by atoms with Crippen molar-refractivity contribution in [3.8, 4) is 0 Å². The molecule has 1 saturated heterocycles. The van der Waals surface area contributed by atoms with Gasteiger partial charge < -0.3 is 10.1 Å². The fourth-order valence-corrected chi connectivity index (χ4v) is 1.63. The van der Waals surface area contributed by atoms with Crippen molar-refractivity contribution >= 4 is 0 Å². The number of benzene rings is 1. The van der Waals surface area contributed by atoms with E-state index in [2.05, 4.69) is 5.32 Å². The molecule has 1 aliphatic heterocycles. The predicted molar refractivity (Wildman–Crippen MR) is 48.0 cm³/mol. The zero-order chi connectivity index (χ0) is 9.31. The first-order chi connectivity index (χ1) is 6.28. The molecule has 0 spiro atoms. The molecule has 0 aliphatic carbocycles. The van der Waals surface area contributed by atoms with Gasteiger partial charge in [0.25, 0.3) is 0 Å². The molecule has 1 fully saturated rings. The summed E-state index contributed by atoms with van der Waals surface area (Å²) in [4.78, 5) is 0. The Morgan fingerprint density at radius 3 is 2.54 bits per heavy atom. The molecular formula is C10H12FNO. The van der Waals surface area contributed by atoms with E-state index < -0.39 is 5.60 Å². The van der Waals surface area contributed by atoms with Gasteiger partial charge in [-0.3, -0.25) is 0 Å². The molecule has 0 saturated carbocycles. The van der Waals surface area contributed by atoms with Gasteiger partial charge in [0, 0.05) is 25.8 Å². The third-order valence-electron chi connectivity index (χ3n) is 2.58. The number of methoxy groups -OCH3 is 1. The Hall–Kier alpha value is -0.930. The Labute approximate surface area is 76.7 Å². The topological polar surface area (TPSA) is 21.3 Å². The molecule has 70 valence electrons. The van der Waals surface area contributed by atoms with E-state index in [0.29, 0.717) is 18.7 Å². The fraction of sp³-hybridized carbons (Fsp3) is 0.400. The van der Waals surface area contributed by atoms with Crippen LogP contribution in [0.5, 0.6) is 0 Å². The Morgan fingerprint density at radius 2 is 2.08 bits per heavy atom. The summed E-state index contributed by atoms with van der Waals surface area (Å²) in [6, 6.07) is 6.76. The molecular weight excluding hydrogens is 169 g/mol. The minimum Gasteiger partial charge on any atom is -0.371 e. The Balaban J connectivity index is 2.38. The average Bonchev–Trinajstić information content (AvgIpc) is 2.07. The number of hydrogen-bond donors (Lipinski definition) is 1. The molecule has 0 unspecified atom stereocenters. The van der Waals surface area contributed by atoms with Crippen molar-refractivity contribution in [2.75, 3.05) is 20.2 Å². The predicted octanol–water partition coefficient (Wildman–Crippen LogP) is 1.27. The summed E-state index contributed by atoms with van der Waals surface area (Å²) in [7, 11) is 1.62. The summed E-state index contributed by atoms with van der Waals surface area (Å²) in [5.41, 5.74) is 0.210. The zero-order valence-electron chi connectivity index (χ0n) is 7.51. The van der Waals surface area contributed by atoms with E-state index >= 15 is 0 Å². The molecule has 1 aliphatic rings. The van der Waals surface area contributed by atoms with Crippen LogP contribution in [0.4, 0.5) is 4.39 Å². The molecule has 13 heavy (non-hydrogen) atoms. The first-order valence-electron chi connectivity index (χ1n) is 4.29. The number of hydrogen-bond acceptors (Lipinski definition) is 2. The summed E-state index contributed by atoms with van der Waals surface area (Å²) in [6.07, 6.45) is 0. The van der Waals surface area contributed by atoms with Crippen LogP contribution in [-0.2, 0) is 10.3 Å². The molecule has 0 bridgehead atoms. The molecule has 1 aromatic rings. The lowest BCUT2D eigenvalue weighted by atomic mass is 9.87. The van der Waals surface area contributed by atoms with E-state index in [1.165, 1.54) is 6.07 Å². The van der Waals surface area contributed by atoms with Gasteiger partial charge in [-0.1, -0.05) is 18.2 Å². The zero-order valence-corrected chi connectivity index (χ0v) is 7.51. The Morgan fingerprint density at radius 1 is 1.38 bits per heavy atom. The van der Waals surface area contributed by atoms with E-state index in [9.17, 15) is 4.39 Å². The van der Waals surface area contributed by atoms with Gasteiger partial charge in [0.05, 0.1) is 0 Å². The molecule has 2 nitrogen and oxygen atoms in total. The minimum absolute atomic E-state index is 0.189. The molecule has 0 amide bonds. The van der Waals surface area contributed by atoms with Gasteiger partial charge >= 0.3 is 0 Å². The largest absolute Gasteiger partial charge is 0.371 e. The van der Waals surface area contributed by atoms with Gasteiger partial charge in [0.1, 0.15) is 11.4 Å². The first kappa shape index (κ1) is 8.66. The summed E-state index contributed by atoms with van der Waals surface area (Å²) in [5, 5.41) is 3.09. The molecule has 1 heterocycles. The highest BCUT2D eigenvalue weighted by atomic mass is 19.1. The second kappa shape index (κ2) is 3.09. The number of nitrogens with one attached hydrogen (secondary N) is 1. The fourth-order valence-electron chi connectivity index (χ4n) is 1.63. The summed E-state index contributed by atoms with van der Waals surface area (Å²) in [6.45, 7) is 1.37. The van der Waals surface area contributed by atoms with Crippen molar-refractivity contribution in [3.05, 3.63) is 35.6 Å². The quantitative estimate of drug-likeness (QED) is 0.741. The second-order valence-electron chi connectivity index (χ2n) is 3.28. The minimum atomic E-state index is -0.439. The van der Waals surface area contributed by atoms with Crippen LogP contribution in [0.1, 0.15) is 5.56 Å². The highest BCUT2D eigenvalue weighted by Crippen LogP contribution is 2.30. The lowest BCUT2D eigenvalue weighted by molar-refractivity contribution is -0.0589. The summed E-state index contributed by atoms with van der Waals surface area (Å²) < 4.78 is 18.7. The third kappa shape index (κ3) is 1.24. The Bertz CT molecular complexity index is 304. The van der Waals surface area contributed by atoms with Crippen LogP contribution < -0.4 is 5.32 Å². The van der Waals surface area contributed by atoms with Crippen LogP contribution in [0.2, 0.25) is 0 Å². The van der Waals surface area contributed by atoms with Crippen LogP contribution >= 0.6 is 0 Å². The second-order valence-corrected chi connectivity index (χ2v) is 3.28. The smallest absolute Gasteiger partial charge is 0.129 e. The highest BCUT2D eigenvalue weighted by molar-refractivity contribution is 5.28. The molecule has 1 aromatic carbocycles. The molecule has 1 N–H and O–H groups in total. The maximum atomic E-state index is 13.4. The molecule has 0 aromatic heterocycles. The number of rotatable bonds is 2. The van der Waals surface area contributed by atoms with Crippen molar-refractivity contribution < 1.29 is 9.13 Å². The van der Waals surface area contributed by atoms with E-state index in [1.807, 2.05) is 6.07 Å². The van der Waals surface area contributed by atoms with E-state index in [4.69, 9.17) is 4.74 Å². The molecule has 3 heteroatoms. The summed E-state index contributed by atoms with van der Waals surface area (Å²) >= 11 is 0. The first-order valence-corrected chi connectivity index (χ1v) is 4.29. The molecule has 2 rings (SSSR count). The van der Waals surface area contributed by atoms with Crippen LogP contribution in [0.25, 0.3) is 0 Å². The van der Waals surface area contributed by atoms with Gasteiger partial charge in [0.2, 0.25) is 0 Å². The van der Waals surface area contributed by atoms with Crippen molar-refractivity contribution in [3.63, 3.8) is 0 Å². The monoisotopic (exact) mass is 181 g/mol. The van der Waals surface area contributed by atoms with Crippen molar-refractivity contribution in [1.82, 2.24) is 5.32 Å². The van der Waals surface area contributed by atoms with Crippen LogP contribution in [0.3, 0.4) is 0 Å². The maximum absolute atomic E-state index is 13.4.